The van der Waals surface area contributed by atoms with Gasteiger partial charge in [0.05, 0.1) is 1.93 Å². The van der Waals surface area contributed by atoms with Gasteiger partial charge < -0.3 is 0 Å². The van der Waals surface area contributed by atoms with Gasteiger partial charge in [-0.15, -0.1) is 0 Å². The minimum absolute atomic E-state index is 0.409. The van der Waals surface area contributed by atoms with Gasteiger partial charge in [-0.25, -0.2) is 0 Å². The zero-order chi connectivity index (χ0) is 9.78. The van der Waals surface area contributed by atoms with Gasteiger partial charge in [-0.2, -0.15) is 0 Å². The first-order valence-corrected chi connectivity index (χ1v) is 9.62. The monoisotopic (exact) mass is 730 g/mol. The number of alkyl halides is 5. The molecule has 1 unspecified atom stereocenters. The number of halogens is 5. The Kier molecular flexibility index (Phi) is 10.2. The topological polar surface area (TPSA) is 0 Å². The van der Waals surface area contributed by atoms with Crippen LogP contribution >= 0.6 is 113 Å². The number of unbranched alkanes of at least 4 members (excludes halogenated alkanes) is 1. The van der Waals surface area contributed by atoms with Crippen LogP contribution in [0.3, 0.4) is 0 Å². The maximum absolute atomic E-state index is 2.60. The SMILES string of the molecule is CCCCC(I)C(I)(I)C(I)I. The molecule has 0 aromatic rings. The van der Waals surface area contributed by atoms with Crippen molar-refractivity contribution in [2.45, 2.75) is 33.5 Å². The number of hydrogen-bond donors (Lipinski definition) is 0. The van der Waals surface area contributed by atoms with Crippen LogP contribution in [0.1, 0.15) is 26.2 Å². The smallest absolute Gasteiger partial charge is 0.0802 e. The highest BCUT2D eigenvalue weighted by atomic mass is 127. The Hall–Kier alpha value is 3.65. The van der Waals surface area contributed by atoms with Crippen molar-refractivity contribution in [1.29, 1.82) is 0 Å². The van der Waals surface area contributed by atoms with Crippen molar-refractivity contribution < 1.29 is 0 Å². The summed E-state index contributed by atoms with van der Waals surface area (Å²) >= 11 is 12.8. The average Bonchev–Trinajstić information content (AvgIpc) is 1.99. The van der Waals surface area contributed by atoms with Crippen molar-refractivity contribution in [3.63, 3.8) is 0 Å². The van der Waals surface area contributed by atoms with E-state index < -0.39 is 0 Å². The minimum atomic E-state index is 0.409. The number of rotatable bonds is 5. The van der Waals surface area contributed by atoms with Crippen molar-refractivity contribution in [3.05, 3.63) is 0 Å². The maximum atomic E-state index is 2.60. The quantitative estimate of drug-likeness (QED) is 0.250. The van der Waals surface area contributed by atoms with E-state index in [1.54, 1.807) is 0 Å². The summed E-state index contributed by atoms with van der Waals surface area (Å²) in [5.74, 6) is 0. The van der Waals surface area contributed by atoms with Gasteiger partial charge in [0.15, 0.2) is 0 Å². The van der Waals surface area contributed by atoms with Crippen LogP contribution in [0.5, 0.6) is 0 Å². The van der Waals surface area contributed by atoms with E-state index in [2.05, 4.69) is 120 Å². The lowest BCUT2D eigenvalue weighted by Gasteiger charge is -2.28. The summed E-state index contributed by atoms with van der Waals surface area (Å²) < 4.78 is 1.90. The largest absolute Gasteiger partial charge is 0.106 e. The summed E-state index contributed by atoms with van der Waals surface area (Å²) in [5, 5.41) is 0. The summed E-state index contributed by atoms with van der Waals surface area (Å²) in [4.78, 5) is 0. The van der Waals surface area contributed by atoms with E-state index in [0.717, 1.165) is 3.92 Å². The molecular formula is C7H11I5. The van der Waals surface area contributed by atoms with Gasteiger partial charge in [0.2, 0.25) is 0 Å². The lowest BCUT2D eigenvalue weighted by Crippen LogP contribution is -2.30. The summed E-state index contributed by atoms with van der Waals surface area (Å²) in [6.45, 7) is 2.26. The molecule has 0 fully saturated rings. The van der Waals surface area contributed by atoms with Gasteiger partial charge >= 0.3 is 0 Å². The molecule has 0 bridgehead atoms. The predicted octanol–water partition coefficient (Wildman–Crippen LogP) is 5.74. The fourth-order valence-corrected chi connectivity index (χ4v) is 4.38. The molecule has 0 aliphatic heterocycles. The van der Waals surface area contributed by atoms with Gasteiger partial charge in [-0.1, -0.05) is 133 Å². The molecule has 0 aliphatic carbocycles. The van der Waals surface area contributed by atoms with Gasteiger partial charge in [0.25, 0.3) is 0 Å². The summed E-state index contributed by atoms with van der Waals surface area (Å²) in [6.07, 6.45) is 4.03. The first kappa shape index (κ1) is 15.7. The molecule has 0 radical (unpaired) electrons. The second kappa shape index (κ2) is 7.85. The van der Waals surface area contributed by atoms with Crippen molar-refractivity contribution >= 4 is 113 Å². The zero-order valence-corrected chi connectivity index (χ0v) is 17.5. The molecule has 0 aliphatic rings. The van der Waals surface area contributed by atoms with Crippen molar-refractivity contribution in [2.75, 3.05) is 0 Å². The first-order valence-electron chi connectivity index (χ1n) is 3.73. The summed E-state index contributed by atoms with van der Waals surface area (Å²) in [5.41, 5.74) is 0. The molecule has 0 nitrogen and oxygen atoms in total. The second-order valence-electron chi connectivity index (χ2n) is 2.58. The van der Waals surface area contributed by atoms with Crippen LogP contribution in [0.4, 0.5) is 0 Å². The Morgan fingerprint density at radius 1 is 1.17 bits per heavy atom. The zero-order valence-electron chi connectivity index (χ0n) is 6.67. The third-order valence-corrected chi connectivity index (χ3v) is 15.0. The van der Waals surface area contributed by atoms with Gasteiger partial charge in [0.1, 0.15) is 1.43 Å². The second-order valence-corrected chi connectivity index (χ2v) is 14.6. The van der Waals surface area contributed by atoms with Crippen LogP contribution in [-0.2, 0) is 0 Å². The molecule has 0 saturated carbocycles. The van der Waals surface area contributed by atoms with Gasteiger partial charge in [0, 0.05) is 3.92 Å². The molecule has 0 rings (SSSR count). The van der Waals surface area contributed by atoms with Crippen LogP contribution in [-0.4, -0.2) is 7.28 Å². The van der Waals surface area contributed by atoms with Crippen LogP contribution in [0.15, 0.2) is 0 Å². The van der Waals surface area contributed by atoms with E-state index in [0.29, 0.717) is 3.36 Å². The molecule has 0 saturated heterocycles. The van der Waals surface area contributed by atoms with Crippen LogP contribution < -0.4 is 0 Å². The highest BCUT2D eigenvalue weighted by Gasteiger charge is 2.36. The van der Waals surface area contributed by atoms with Gasteiger partial charge in [-0.3, -0.25) is 0 Å². The highest BCUT2D eigenvalue weighted by molar-refractivity contribution is 14.2. The molecule has 0 spiro atoms. The molecule has 1 atom stereocenters. The minimum Gasteiger partial charge on any atom is -0.0802 e. The maximum Gasteiger partial charge on any atom is 0.106 e. The molecule has 12 heavy (non-hydrogen) atoms. The molecule has 0 heterocycles. The molecular weight excluding hydrogens is 719 g/mol. The molecule has 0 aromatic heterocycles. The lowest BCUT2D eigenvalue weighted by atomic mass is 10.2. The van der Waals surface area contributed by atoms with E-state index in [-0.39, 0.29) is 0 Å². The van der Waals surface area contributed by atoms with Crippen molar-refractivity contribution in [3.8, 4) is 0 Å². The van der Waals surface area contributed by atoms with Crippen LogP contribution in [0.25, 0.3) is 0 Å². The Bertz CT molecular complexity index is 123. The van der Waals surface area contributed by atoms with E-state index in [1.807, 2.05) is 0 Å². The summed E-state index contributed by atoms with van der Waals surface area (Å²) in [6, 6.07) is 0. The average molecular weight is 730 g/mol. The predicted molar refractivity (Wildman–Crippen MR) is 99.9 cm³/mol. The van der Waals surface area contributed by atoms with E-state index in [1.165, 1.54) is 19.3 Å². The third-order valence-electron chi connectivity index (χ3n) is 1.52. The highest BCUT2D eigenvalue weighted by Crippen LogP contribution is 2.47. The van der Waals surface area contributed by atoms with Gasteiger partial charge in [-0.05, 0) is 6.42 Å². The van der Waals surface area contributed by atoms with E-state index in [9.17, 15) is 0 Å². The fraction of sp³-hybridized carbons (Fsp3) is 1.00. The fourth-order valence-electron chi connectivity index (χ4n) is 0.712. The Labute approximate surface area is 143 Å². The number of hydrogen-bond acceptors (Lipinski definition) is 0. The van der Waals surface area contributed by atoms with E-state index in [4.69, 9.17) is 0 Å². The Balaban J connectivity index is 3.97. The van der Waals surface area contributed by atoms with E-state index >= 15 is 0 Å². The standard InChI is InChI=1S/C7H11I5/c1-2-3-4-5(8)7(11,12)6(9)10/h5-6H,2-4H2,1H3. The normalized spacial score (nSPS) is 15.2. The third kappa shape index (κ3) is 5.66. The lowest BCUT2D eigenvalue weighted by molar-refractivity contribution is 0.696. The first-order chi connectivity index (χ1) is 5.42. The van der Waals surface area contributed by atoms with Crippen LogP contribution in [0, 0.1) is 0 Å². The Morgan fingerprint density at radius 3 is 2.00 bits per heavy atom. The van der Waals surface area contributed by atoms with Crippen LogP contribution in [0.2, 0.25) is 0 Å². The molecule has 74 valence electrons. The van der Waals surface area contributed by atoms with Crippen molar-refractivity contribution in [1.82, 2.24) is 0 Å². The van der Waals surface area contributed by atoms with Crippen molar-refractivity contribution in [2.24, 2.45) is 0 Å². The molecule has 5 heteroatoms. The molecule has 0 N–H and O–H groups in total. The molecule has 0 aromatic carbocycles. The summed E-state index contributed by atoms with van der Waals surface area (Å²) in [7, 11) is 0. The molecule has 0 amide bonds. The Morgan fingerprint density at radius 2 is 1.67 bits per heavy atom.